The molecule has 0 heterocycles. The fourth-order valence-electron chi connectivity index (χ4n) is 3.00. The highest BCUT2D eigenvalue weighted by molar-refractivity contribution is 5.89. The first-order valence-corrected chi connectivity index (χ1v) is 9.41. The van der Waals surface area contributed by atoms with Crippen molar-refractivity contribution in [3.63, 3.8) is 0 Å². The van der Waals surface area contributed by atoms with Crippen LogP contribution in [0.2, 0.25) is 0 Å². The molecule has 1 unspecified atom stereocenters. The highest BCUT2D eigenvalue weighted by Crippen LogP contribution is 2.38. The molecule has 0 aliphatic heterocycles. The zero-order valence-corrected chi connectivity index (χ0v) is 16.2. The molecule has 0 aromatic heterocycles. The van der Waals surface area contributed by atoms with Crippen molar-refractivity contribution >= 4 is 17.3 Å². The van der Waals surface area contributed by atoms with Gasteiger partial charge in [0.1, 0.15) is 0 Å². The Morgan fingerprint density at radius 1 is 1.21 bits per heavy atom. The third-order valence-electron chi connectivity index (χ3n) is 4.56. The van der Waals surface area contributed by atoms with Crippen molar-refractivity contribution < 1.29 is 19.6 Å². The zero-order valence-electron chi connectivity index (χ0n) is 16.2. The molecule has 28 heavy (non-hydrogen) atoms. The van der Waals surface area contributed by atoms with E-state index >= 15 is 0 Å². The van der Waals surface area contributed by atoms with Crippen LogP contribution in [0.1, 0.15) is 56.3 Å². The van der Waals surface area contributed by atoms with E-state index in [9.17, 15) is 14.9 Å². The largest absolute Gasteiger partial charge is 0.484 e. The number of carboxylic acids is 1. The van der Waals surface area contributed by atoms with Crippen LogP contribution in [0, 0.1) is 10.1 Å². The fourth-order valence-corrected chi connectivity index (χ4v) is 3.00. The van der Waals surface area contributed by atoms with Crippen LogP contribution < -0.4 is 10.5 Å². The number of anilines is 1. The quantitative estimate of drug-likeness (QED) is 0.248. The molecular formula is C21H26N2O5. The van der Waals surface area contributed by atoms with Gasteiger partial charge in [0.2, 0.25) is 0 Å². The Kier molecular flexibility index (Phi) is 7.37. The van der Waals surface area contributed by atoms with Gasteiger partial charge < -0.3 is 15.6 Å². The Morgan fingerprint density at radius 2 is 1.89 bits per heavy atom. The van der Waals surface area contributed by atoms with Crippen LogP contribution in [-0.4, -0.2) is 22.1 Å². The molecule has 3 N–H and O–H groups in total. The van der Waals surface area contributed by atoms with Gasteiger partial charge in [0.05, 0.1) is 16.6 Å². The molecule has 7 heteroatoms. The summed E-state index contributed by atoms with van der Waals surface area (Å²) in [5, 5.41) is 20.5. The summed E-state index contributed by atoms with van der Waals surface area (Å²) in [6, 6.07) is 8.88. The second-order valence-electron chi connectivity index (χ2n) is 6.82. The van der Waals surface area contributed by atoms with Crippen molar-refractivity contribution in [1.29, 1.82) is 0 Å². The monoisotopic (exact) mass is 386 g/mol. The predicted octanol–water partition coefficient (Wildman–Crippen LogP) is 5.28. The minimum absolute atomic E-state index is 0.133. The van der Waals surface area contributed by atoms with Crippen LogP contribution in [0.15, 0.2) is 36.4 Å². The number of unbranched alkanes of at least 4 members (excludes halogenated alkanes) is 3. The van der Waals surface area contributed by atoms with E-state index < -0.39 is 10.9 Å². The first-order chi connectivity index (χ1) is 13.3. The maximum absolute atomic E-state index is 11.5. The number of hydrogen-bond acceptors (Lipinski definition) is 5. The highest BCUT2D eigenvalue weighted by Gasteiger charge is 2.21. The van der Waals surface area contributed by atoms with Gasteiger partial charge in [-0.05, 0) is 37.5 Å². The molecule has 1 atom stereocenters. The van der Waals surface area contributed by atoms with Crippen LogP contribution in [0.4, 0.5) is 11.4 Å². The third kappa shape index (κ3) is 5.45. The van der Waals surface area contributed by atoms with Crippen LogP contribution in [0.5, 0.6) is 5.75 Å². The number of ether oxygens (including phenoxy) is 1. The van der Waals surface area contributed by atoms with Crippen LogP contribution in [0.3, 0.4) is 0 Å². The molecule has 150 valence electrons. The van der Waals surface area contributed by atoms with E-state index in [1.807, 2.05) is 6.92 Å². The molecule has 0 saturated heterocycles. The first kappa shape index (κ1) is 21.2. The normalized spacial score (nSPS) is 11.8. The van der Waals surface area contributed by atoms with Crippen molar-refractivity contribution in [3.8, 4) is 16.9 Å². The molecule has 0 fully saturated rings. The second-order valence-corrected chi connectivity index (χ2v) is 6.82. The number of carboxylic acid groups (broad SMARTS) is 1. The number of nitrogen functional groups attached to an aromatic ring is 1. The van der Waals surface area contributed by atoms with Crippen LogP contribution in [-0.2, 0) is 0 Å². The lowest BCUT2D eigenvalue weighted by molar-refractivity contribution is -0.386. The third-order valence-corrected chi connectivity index (χ3v) is 4.56. The van der Waals surface area contributed by atoms with Gasteiger partial charge in [0.25, 0.3) is 0 Å². The lowest BCUT2D eigenvalue weighted by atomic mass is 10.0. The summed E-state index contributed by atoms with van der Waals surface area (Å²) in [6.45, 7) is 4.03. The van der Waals surface area contributed by atoms with Gasteiger partial charge in [-0.2, -0.15) is 0 Å². The summed E-state index contributed by atoms with van der Waals surface area (Å²) in [5.41, 5.74) is 7.49. The average Bonchev–Trinajstić information content (AvgIpc) is 2.65. The summed E-state index contributed by atoms with van der Waals surface area (Å²) in [7, 11) is 0. The topological polar surface area (TPSA) is 116 Å². The molecule has 2 aromatic rings. The fraction of sp³-hybridized carbons (Fsp3) is 0.381. The van der Waals surface area contributed by atoms with Gasteiger partial charge in [-0.3, -0.25) is 10.1 Å². The van der Waals surface area contributed by atoms with Crippen molar-refractivity contribution in [2.45, 2.75) is 52.1 Å². The minimum Gasteiger partial charge on any atom is -0.484 e. The molecule has 0 spiro atoms. The smallest absolute Gasteiger partial charge is 0.335 e. The van der Waals surface area contributed by atoms with Gasteiger partial charge in [0, 0.05) is 23.4 Å². The number of carbonyl (C=O) groups is 1. The minimum atomic E-state index is -1.04. The average molecular weight is 386 g/mol. The molecule has 2 rings (SSSR count). The summed E-state index contributed by atoms with van der Waals surface area (Å²) in [6.07, 6.45) is 5.08. The summed E-state index contributed by atoms with van der Waals surface area (Å²) in [4.78, 5) is 22.0. The van der Waals surface area contributed by atoms with E-state index in [1.165, 1.54) is 24.3 Å². The molecule has 0 aliphatic carbocycles. The Bertz CT molecular complexity index is 833. The standard InChI is InChI=1S/C21H26N2O5/c1-3-4-5-6-7-14(2)28-20-13-18(22)17(12-19(20)23(26)27)15-8-10-16(11-9-15)21(24)25/h8-14H,3-7,22H2,1-2H3,(H,24,25). The lowest BCUT2D eigenvalue weighted by Crippen LogP contribution is -2.13. The molecule has 7 nitrogen and oxygen atoms in total. The second kappa shape index (κ2) is 9.73. The van der Waals surface area contributed by atoms with Gasteiger partial charge in [0.15, 0.2) is 5.75 Å². The summed E-state index contributed by atoms with van der Waals surface area (Å²) in [5.74, 6) is -0.890. The van der Waals surface area contributed by atoms with Crippen molar-refractivity contribution in [2.75, 3.05) is 5.73 Å². The Morgan fingerprint density at radius 3 is 2.46 bits per heavy atom. The van der Waals surface area contributed by atoms with Gasteiger partial charge in [-0.15, -0.1) is 0 Å². The van der Waals surface area contributed by atoms with Gasteiger partial charge in [-0.25, -0.2) is 4.79 Å². The van der Waals surface area contributed by atoms with Gasteiger partial charge >= 0.3 is 11.7 Å². The van der Waals surface area contributed by atoms with E-state index in [-0.39, 0.29) is 23.1 Å². The van der Waals surface area contributed by atoms with Crippen molar-refractivity contribution in [2.24, 2.45) is 0 Å². The number of nitrogens with zero attached hydrogens (tertiary/aromatic N) is 1. The lowest BCUT2D eigenvalue weighted by Gasteiger charge is -2.16. The van der Waals surface area contributed by atoms with Crippen LogP contribution in [0.25, 0.3) is 11.1 Å². The van der Waals surface area contributed by atoms with Crippen molar-refractivity contribution in [3.05, 3.63) is 52.1 Å². The Hall–Kier alpha value is -3.09. The summed E-state index contributed by atoms with van der Waals surface area (Å²) >= 11 is 0. The zero-order chi connectivity index (χ0) is 20.7. The van der Waals surface area contributed by atoms with E-state index in [0.717, 1.165) is 32.1 Å². The number of nitrogens with two attached hydrogens (primary N) is 1. The predicted molar refractivity (Wildman–Crippen MR) is 109 cm³/mol. The Labute approximate surface area is 164 Å². The number of benzene rings is 2. The molecule has 0 radical (unpaired) electrons. The molecular weight excluding hydrogens is 360 g/mol. The molecule has 0 amide bonds. The molecule has 0 bridgehead atoms. The number of aromatic carboxylic acids is 1. The van der Waals surface area contributed by atoms with Crippen LogP contribution >= 0.6 is 0 Å². The van der Waals surface area contributed by atoms with E-state index in [0.29, 0.717) is 16.8 Å². The van der Waals surface area contributed by atoms with E-state index in [1.54, 1.807) is 12.1 Å². The maximum Gasteiger partial charge on any atom is 0.335 e. The highest BCUT2D eigenvalue weighted by atomic mass is 16.6. The maximum atomic E-state index is 11.5. The number of nitro groups is 1. The number of nitro benzene ring substituents is 1. The van der Waals surface area contributed by atoms with E-state index in [2.05, 4.69) is 6.92 Å². The number of hydrogen-bond donors (Lipinski definition) is 2. The number of rotatable bonds is 10. The molecule has 0 aliphatic rings. The van der Waals surface area contributed by atoms with Gasteiger partial charge in [-0.1, -0.05) is 38.3 Å². The molecule has 2 aromatic carbocycles. The first-order valence-electron chi connectivity index (χ1n) is 9.41. The summed E-state index contributed by atoms with van der Waals surface area (Å²) < 4.78 is 5.81. The molecule has 0 saturated carbocycles. The Balaban J connectivity index is 2.26. The SMILES string of the molecule is CCCCCCC(C)Oc1cc(N)c(-c2ccc(C(=O)O)cc2)cc1[N+](=O)[O-]. The van der Waals surface area contributed by atoms with E-state index in [4.69, 9.17) is 15.6 Å². The van der Waals surface area contributed by atoms with Crippen molar-refractivity contribution in [1.82, 2.24) is 0 Å².